The molecule has 0 amide bonds. The van der Waals surface area contributed by atoms with Crippen LogP contribution in [0.15, 0.2) is 36.4 Å². The first-order valence-corrected chi connectivity index (χ1v) is 7.02. The SMILES string of the molecule is COc1ccccc1CC(C)(C)Nc1ccc(C(F)(F)F)nn1. The monoisotopic (exact) mass is 325 g/mol. The van der Waals surface area contributed by atoms with Gasteiger partial charge in [-0.3, -0.25) is 0 Å². The van der Waals surface area contributed by atoms with Crippen molar-refractivity contribution in [3.05, 3.63) is 47.7 Å². The van der Waals surface area contributed by atoms with E-state index >= 15 is 0 Å². The maximum atomic E-state index is 12.5. The number of para-hydroxylation sites is 1. The van der Waals surface area contributed by atoms with Crippen LogP contribution in [-0.4, -0.2) is 22.8 Å². The second kappa shape index (κ2) is 6.44. The summed E-state index contributed by atoms with van der Waals surface area (Å²) in [5.41, 5.74) is -0.457. The molecule has 0 spiro atoms. The van der Waals surface area contributed by atoms with Gasteiger partial charge in [0.2, 0.25) is 0 Å². The van der Waals surface area contributed by atoms with E-state index in [1.54, 1.807) is 7.11 Å². The molecule has 0 aliphatic rings. The minimum Gasteiger partial charge on any atom is -0.496 e. The first-order chi connectivity index (χ1) is 10.7. The summed E-state index contributed by atoms with van der Waals surface area (Å²) < 4.78 is 42.8. The molecule has 0 aliphatic heterocycles. The molecule has 0 bridgehead atoms. The molecule has 0 fully saturated rings. The Bertz CT molecular complexity index is 654. The van der Waals surface area contributed by atoms with Gasteiger partial charge in [0.05, 0.1) is 7.11 Å². The molecule has 4 nitrogen and oxygen atoms in total. The zero-order valence-corrected chi connectivity index (χ0v) is 13.1. The standard InChI is InChI=1S/C16H18F3N3O/c1-15(2,10-11-6-4-5-7-12(11)23-3)20-14-9-8-13(21-22-14)16(17,18)19/h4-9H,10H2,1-3H3,(H,20,22). The summed E-state index contributed by atoms with van der Waals surface area (Å²) in [5, 5.41) is 9.92. The van der Waals surface area contributed by atoms with Crippen molar-refractivity contribution in [1.29, 1.82) is 0 Å². The van der Waals surface area contributed by atoms with Gasteiger partial charge in [0.15, 0.2) is 5.69 Å². The number of anilines is 1. The predicted octanol–water partition coefficient (Wildman–Crippen LogP) is 3.94. The van der Waals surface area contributed by atoms with Crippen LogP contribution in [0.5, 0.6) is 5.75 Å². The summed E-state index contributed by atoms with van der Waals surface area (Å²) in [6, 6.07) is 9.79. The molecular formula is C16H18F3N3O. The van der Waals surface area contributed by atoms with E-state index in [1.807, 2.05) is 38.1 Å². The second-order valence-electron chi connectivity index (χ2n) is 5.80. The average Bonchev–Trinajstić information content (AvgIpc) is 2.46. The third-order valence-electron chi connectivity index (χ3n) is 3.25. The molecule has 23 heavy (non-hydrogen) atoms. The average molecular weight is 325 g/mol. The van der Waals surface area contributed by atoms with Crippen LogP contribution < -0.4 is 10.1 Å². The Morgan fingerprint density at radius 3 is 2.30 bits per heavy atom. The van der Waals surface area contributed by atoms with E-state index in [0.717, 1.165) is 17.4 Å². The molecule has 1 aromatic heterocycles. The van der Waals surface area contributed by atoms with E-state index in [0.29, 0.717) is 6.42 Å². The Morgan fingerprint density at radius 2 is 1.74 bits per heavy atom. The smallest absolute Gasteiger partial charge is 0.435 e. The van der Waals surface area contributed by atoms with Crippen molar-refractivity contribution >= 4 is 5.82 Å². The summed E-state index contributed by atoms with van der Waals surface area (Å²) in [4.78, 5) is 0. The topological polar surface area (TPSA) is 47.0 Å². The van der Waals surface area contributed by atoms with Crippen LogP contribution in [0.2, 0.25) is 0 Å². The highest BCUT2D eigenvalue weighted by Gasteiger charge is 2.33. The number of hydrogen-bond acceptors (Lipinski definition) is 4. The van der Waals surface area contributed by atoms with Crippen LogP contribution >= 0.6 is 0 Å². The summed E-state index contributed by atoms with van der Waals surface area (Å²) in [5.74, 6) is 1.05. The molecule has 1 N–H and O–H groups in total. The Kier molecular flexibility index (Phi) is 4.77. The van der Waals surface area contributed by atoms with Crippen LogP contribution in [0.3, 0.4) is 0 Å². The lowest BCUT2D eigenvalue weighted by atomic mass is 9.94. The number of halogens is 3. The zero-order valence-electron chi connectivity index (χ0n) is 13.1. The zero-order chi connectivity index (χ0) is 17.1. The number of benzene rings is 1. The fraction of sp³-hybridized carbons (Fsp3) is 0.375. The Hall–Kier alpha value is -2.31. The number of nitrogens with zero attached hydrogens (tertiary/aromatic N) is 2. The van der Waals surface area contributed by atoms with Gasteiger partial charge in [-0.05, 0) is 44.0 Å². The van der Waals surface area contributed by atoms with Gasteiger partial charge in [-0.25, -0.2) is 0 Å². The minimum atomic E-state index is -4.49. The molecule has 2 rings (SSSR count). The fourth-order valence-corrected chi connectivity index (χ4v) is 2.27. The van der Waals surface area contributed by atoms with E-state index in [4.69, 9.17) is 4.74 Å². The normalized spacial score (nSPS) is 12.1. The molecule has 124 valence electrons. The largest absolute Gasteiger partial charge is 0.496 e. The molecule has 7 heteroatoms. The Labute approximate surface area is 132 Å². The molecule has 0 aliphatic carbocycles. The maximum absolute atomic E-state index is 12.5. The van der Waals surface area contributed by atoms with Gasteiger partial charge >= 0.3 is 6.18 Å². The molecular weight excluding hydrogens is 307 g/mol. The molecule has 2 aromatic rings. The Morgan fingerprint density at radius 1 is 1.04 bits per heavy atom. The number of hydrogen-bond donors (Lipinski definition) is 1. The third kappa shape index (κ3) is 4.58. The van der Waals surface area contributed by atoms with E-state index in [-0.39, 0.29) is 5.82 Å². The van der Waals surface area contributed by atoms with Crippen molar-refractivity contribution in [2.45, 2.75) is 32.0 Å². The second-order valence-corrected chi connectivity index (χ2v) is 5.80. The van der Waals surface area contributed by atoms with Crippen LogP contribution in [0.25, 0.3) is 0 Å². The van der Waals surface area contributed by atoms with E-state index in [1.165, 1.54) is 6.07 Å². The predicted molar refractivity (Wildman–Crippen MR) is 81.4 cm³/mol. The van der Waals surface area contributed by atoms with Crippen LogP contribution in [-0.2, 0) is 12.6 Å². The van der Waals surface area contributed by atoms with Crippen LogP contribution in [0.1, 0.15) is 25.1 Å². The van der Waals surface area contributed by atoms with E-state index < -0.39 is 17.4 Å². The molecule has 0 saturated heterocycles. The molecule has 1 heterocycles. The van der Waals surface area contributed by atoms with E-state index in [9.17, 15) is 13.2 Å². The Balaban J connectivity index is 2.11. The molecule has 0 unspecified atom stereocenters. The number of ether oxygens (including phenoxy) is 1. The van der Waals surface area contributed by atoms with Crippen molar-refractivity contribution in [2.24, 2.45) is 0 Å². The highest BCUT2D eigenvalue weighted by Crippen LogP contribution is 2.28. The van der Waals surface area contributed by atoms with Crippen LogP contribution in [0, 0.1) is 0 Å². The number of alkyl halides is 3. The lowest BCUT2D eigenvalue weighted by molar-refractivity contribution is -0.141. The summed E-state index contributed by atoms with van der Waals surface area (Å²) in [7, 11) is 1.60. The lowest BCUT2D eigenvalue weighted by Gasteiger charge is -2.27. The van der Waals surface area contributed by atoms with Crippen LogP contribution in [0.4, 0.5) is 19.0 Å². The highest BCUT2D eigenvalue weighted by atomic mass is 19.4. The maximum Gasteiger partial charge on any atom is 0.435 e. The molecule has 0 saturated carbocycles. The number of methoxy groups -OCH3 is 1. The van der Waals surface area contributed by atoms with Crippen molar-refractivity contribution in [2.75, 3.05) is 12.4 Å². The molecule has 1 aromatic carbocycles. The summed E-state index contributed by atoms with van der Waals surface area (Å²) >= 11 is 0. The lowest BCUT2D eigenvalue weighted by Crippen LogP contribution is -2.34. The summed E-state index contributed by atoms with van der Waals surface area (Å²) in [6.45, 7) is 3.86. The van der Waals surface area contributed by atoms with E-state index in [2.05, 4.69) is 15.5 Å². The van der Waals surface area contributed by atoms with Crippen molar-refractivity contribution < 1.29 is 17.9 Å². The molecule has 0 atom stereocenters. The van der Waals surface area contributed by atoms with Crippen molar-refractivity contribution in [3.8, 4) is 5.75 Å². The quantitative estimate of drug-likeness (QED) is 0.904. The van der Waals surface area contributed by atoms with Gasteiger partial charge in [0.1, 0.15) is 11.6 Å². The summed E-state index contributed by atoms with van der Waals surface area (Å²) in [6.07, 6.45) is -3.88. The van der Waals surface area contributed by atoms with Gasteiger partial charge in [-0.1, -0.05) is 18.2 Å². The fourth-order valence-electron chi connectivity index (χ4n) is 2.27. The highest BCUT2D eigenvalue weighted by molar-refractivity contribution is 5.40. The molecule has 0 radical (unpaired) electrons. The number of aromatic nitrogens is 2. The third-order valence-corrected chi connectivity index (χ3v) is 3.25. The first-order valence-electron chi connectivity index (χ1n) is 7.02. The number of rotatable bonds is 5. The first kappa shape index (κ1) is 17.1. The van der Waals surface area contributed by atoms with Gasteiger partial charge in [0.25, 0.3) is 0 Å². The van der Waals surface area contributed by atoms with Gasteiger partial charge in [0, 0.05) is 5.54 Å². The minimum absolute atomic E-state index is 0.290. The van der Waals surface area contributed by atoms with Crippen molar-refractivity contribution in [1.82, 2.24) is 10.2 Å². The van der Waals surface area contributed by atoms with Gasteiger partial charge in [-0.15, -0.1) is 10.2 Å². The number of nitrogens with one attached hydrogen (secondary N) is 1. The van der Waals surface area contributed by atoms with Gasteiger partial charge < -0.3 is 10.1 Å². The van der Waals surface area contributed by atoms with Crippen molar-refractivity contribution in [3.63, 3.8) is 0 Å². The van der Waals surface area contributed by atoms with Gasteiger partial charge in [-0.2, -0.15) is 13.2 Å².